The van der Waals surface area contributed by atoms with Gasteiger partial charge in [-0.05, 0) is 29.8 Å². The lowest BCUT2D eigenvalue weighted by atomic mass is 10.2. The minimum absolute atomic E-state index is 0.0226. The zero-order valence-corrected chi connectivity index (χ0v) is 11.8. The molecule has 104 valence electrons. The average Bonchev–Trinajstić information content (AvgIpc) is 2.46. The lowest BCUT2D eigenvalue weighted by molar-refractivity contribution is -0.118. The van der Waals surface area contributed by atoms with Gasteiger partial charge in [0.15, 0.2) is 0 Å². The Kier molecular flexibility index (Phi) is 4.71. The van der Waals surface area contributed by atoms with Crippen LogP contribution >= 0.6 is 0 Å². The largest absolute Gasteiger partial charge is 0.381 e. The Morgan fingerprint density at radius 2 is 2.00 bits per heavy atom. The minimum atomic E-state index is -0.0259. The molecule has 0 spiro atoms. The molecular weight excluding hydrogens is 250 g/mol. The van der Waals surface area contributed by atoms with Gasteiger partial charge in [0.05, 0.1) is 0 Å². The standard InChI is InChI=1S/C16H19N3O/c1-12(2)16(20)19-15-7-3-6-14(9-15)18-11-13-5-4-8-17-10-13/h3-10,12,18H,11H2,1-2H3,(H,19,20). The highest BCUT2D eigenvalue weighted by Crippen LogP contribution is 2.16. The third-order valence-corrected chi connectivity index (χ3v) is 2.87. The zero-order chi connectivity index (χ0) is 14.4. The molecule has 2 rings (SSSR count). The van der Waals surface area contributed by atoms with Crippen LogP contribution in [0.3, 0.4) is 0 Å². The van der Waals surface area contributed by atoms with Crippen molar-refractivity contribution in [3.8, 4) is 0 Å². The van der Waals surface area contributed by atoms with Crippen LogP contribution in [0.15, 0.2) is 48.8 Å². The van der Waals surface area contributed by atoms with Crippen LogP contribution in [0.4, 0.5) is 11.4 Å². The van der Waals surface area contributed by atoms with Crippen molar-refractivity contribution in [2.45, 2.75) is 20.4 Å². The van der Waals surface area contributed by atoms with E-state index in [4.69, 9.17) is 0 Å². The number of benzene rings is 1. The molecule has 1 amide bonds. The summed E-state index contributed by atoms with van der Waals surface area (Å²) in [5.74, 6) is -0.00332. The molecule has 2 N–H and O–H groups in total. The first-order valence-electron chi connectivity index (χ1n) is 6.69. The summed E-state index contributed by atoms with van der Waals surface area (Å²) in [6.07, 6.45) is 3.59. The van der Waals surface area contributed by atoms with Gasteiger partial charge in [-0.15, -0.1) is 0 Å². The molecule has 0 radical (unpaired) electrons. The lowest BCUT2D eigenvalue weighted by Gasteiger charge is -2.10. The normalized spacial score (nSPS) is 10.3. The van der Waals surface area contributed by atoms with Crippen LogP contribution < -0.4 is 10.6 Å². The Morgan fingerprint density at radius 3 is 2.70 bits per heavy atom. The molecular formula is C16H19N3O. The highest BCUT2D eigenvalue weighted by molar-refractivity contribution is 5.92. The smallest absolute Gasteiger partial charge is 0.226 e. The van der Waals surface area contributed by atoms with Crippen molar-refractivity contribution in [3.63, 3.8) is 0 Å². The van der Waals surface area contributed by atoms with Crippen LogP contribution in [0.25, 0.3) is 0 Å². The maximum absolute atomic E-state index is 11.7. The Hall–Kier alpha value is -2.36. The van der Waals surface area contributed by atoms with E-state index in [0.29, 0.717) is 6.54 Å². The predicted molar refractivity (Wildman–Crippen MR) is 81.5 cm³/mol. The maximum atomic E-state index is 11.7. The van der Waals surface area contributed by atoms with Crippen molar-refractivity contribution in [1.29, 1.82) is 0 Å². The number of nitrogens with one attached hydrogen (secondary N) is 2. The number of pyridine rings is 1. The SMILES string of the molecule is CC(C)C(=O)Nc1cccc(NCc2cccnc2)c1. The number of aromatic nitrogens is 1. The van der Waals surface area contributed by atoms with Gasteiger partial charge in [0, 0.05) is 36.2 Å². The molecule has 0 atom stereocenters. The van der Waals surface area contributed by atoms with Gasteiger partial charge < -0.3 is 10.6 Å². The van der Waals surface area contributed by atoms with Crippen LogP contribution in [-0.4, -0.2) is 10.9 Å². The second kappa shape index (κ2) is 6.70. The topological polar surface area (TPSA) is 54.0 Å². The maximum Gasteiger partial charge on any atom is 0.226 e. The van der Waals surface area contributed by atoms with E-state index in [9.17, 15) is 4.79 Å². The number of amides is 1. The second-order valence-corrected chi connectivity index (χ2v) is 4.94. The van der Waals surface area contributed by atoms with Gasteiger partial charge in [0.1, 0.15) is 0 Å². The van der Waals surface area contributed by atoms with Crippen molar-refractivity contribution in [3.05, 3.63) is 54.4 Å². The van der Waals surface area contributed by atoms with Crippen LogP contribution in [0.1, 0.15) is 19.4 Å². The summed E-state index contributed by atoms with van der Waals surface area (Å²) in [5, 5.41) is 6.20. The fourth-order valence-corrected chi connectivity index (χ4v) is 1.70. The number of carbonyl (C=O) groups is 1. The summed E-state index contributed by atoms with van der Waals surface area (Å²) in [7, 11) is 0. The molecule has 0 aliphatic rings. The third kappa shape index (κ3) is 4.09. The number of nitrogens with zero attached hydrogens (tertiary/aromatic N) is 1. The number of carbonyl (C=O) groups excluding carboxylic acids is 1. The first-order chi connectivity index (χ1) is 9.65. The van der Waals surface area contributed by atoms with Gasteiger partial charge in [-0.1, -0.05) is 26.0 Å². The average molecular weight is 269 g/mol. The molecule has 2 aromatic rings. The van der Waals surface area contributed by atoms with Crippen LogP contribution in [0.5, 0.6) is 0 Å². The third-order valence-electron chi connectivity index (χ3n) is 2.87. The van der Waals surface area contributed by atoms with E-state index in [-0.39, 0.29) is 11.8 Å². The molecule has 1 aromatic heterocycles. The van der Waals surface area contributed by atoms with E-state index < -0.39 is 0 Å². The van der Waals surface area contributed by atoms with Gasteiger partial charge in [0.2, 0.25) is 5.91 Å². The van der Waals surface area contributed by atoms with Crippen LogP contribution in [0, 0.1) is 5.92 Å². The first-order valence-corrected chi connectivity index (χ1v) is 6.69. The van der Waals surface area contributed by atoms with Crippen molar-refractivity contribution in [2.24, 2.45) is 5.92 Å². The van der Waals surface area contributed by atoms with Gasteiger partial charge >= 0.3 is 0 Å². The van der Waals surface area contributed by atoms with E-state index in [1.165, 1.54) is 0 Å². The monoisotopic (exact) mass is 269 g/mol. The second-order valence-electron chi connectivity index (χ2n) is 4.94. The Morgan fingerprint density at radius 1 is 1.20 bits per heavy atom. The molecule has 0 saturated carbocycles. The Balaban J connectivity index is 1.97. The molecule has 0 saturated heterocycles. The van der Waals surface area contributed by atoms with Crippen molar-refractivity contribution in [2.75, 3.05) is 10.6 Å². The summed E-state index contributed by atoms with van der Waals surface area (Å²) in [6, 6.07) is 11.6. The number of anilines is 2. The van der Waals surface area contributed by atoms with Crippen molar-refractivity contribution >= 4 is 17.3 Å². The number of rotatable bonds is 5. The molecule has 0 unspecified atom stereocenters. The Labute approximate surface area is 119 Å². The molecule has 1 heterocycles. The first kappa shape index (κ1) is 14.1. The highest BCUT2D eigenvalue weighted by atomic mass is 16.1. The summed E-state index contributed by atoms with van der Waals surface area (Å²) in [6.45, 7) is 4.45. The van der Waals surface area contributed by atoms with E-state index in [1.54, 1.807) is 6.20 Å². The zero-order valence-electron chi connectivity index (χ0n) is 11.8. The molecule has 4 nitrogen and oxygen atoms in total. The predicted octanol–water partition coefficient (Wildman–Crippen LogP) is 3.29. The summed E-state index contributed by atoms with van der Waals surface area (Å²) in [4.78, 5) is 15.7. The van der Waals surface area contributed by atoms with E-state index in [2.05, 4.69) is 15.6 Å². The molecule has 4 heteroatoms. The number of hydrogen-bond donors (Lipinski definition) is 2. The van der Waals surface area contributed by atoms with E-state index >= 15 is 0 Å². The number of hydrogen-bond acceptors (Lipinski definition) is 3. The van der Waals surface area contributed by atoms with Gasteiger partial charge in [-0.25, -0.2) is 0 Å². The molecule has 0 bridgehead atoms. The van der Waals surface area contributed by atoms with Gasteiger partial charge in [-0.3, -0.25) is 9.78 Å². The van der Waals surface area contributed by atoms with Crippen molar-refractivity contribution in [1.82, 2.24) is 4.98 Å². The summed E-state index contributed by atoms with van der Waals surface area (Å²) in [5.41, 5.74) is 2.89. The van der Waals surface area contributed by atoms with Crippen molar-refractivity contribution < 1.29 is 4.79 Å². The quantitative estimate of drug-likeness (QED) is 0.875. The van der Waals surface area contributed by atoms with Crippen LogP contribution in [0.2, 0.25) is 0 Å². The lowest BCUT2D eigenvalue weighted by Crippen LogP contribution is -2.17. The Bertz CT molecular complexity index is 567. The van der Waals surface area contributed by atoms with Crippen LogP contribution in [-0.2, 0) is 11.3 Å². The molecule has 0 fully saturated rings. The molecule has 0 aliphatic heterocycles. The highest BCUT2D eigenvalue weighted by Gasteiger charge is 2.07. The fourth-order valence-electron chi connectivity index (χ4n) is 1.70. The fraction of sp³-hybridized carbons (Fsp3) is 0.250. The minimum Gasteiger partial charge on any atom is -0.381 e. The molecule has 0 aliphatic carbocycles. The van der Waals surface area contributed by atoms with Gasteiger partial charge in [-0.2, -0.15) is 0 Å². The molecule has 20 heavy (non-hydrogen) atoms. The van der Waals surface area contributed by atoms with Gasteiger partial charge in [0.25, 0.3) is 0 Å². The van der Waals surface area contributed by atoms with E-state index in [1.807, 2.05) is 56.4 Å². The summed E-state index contributed by atoms with van der Waals surface area (Å²) < 4.78 is 0. The molecule has 1 aromatic carbocycles. The summed E-state index contributed by atoms with van der Waals surface area (Å²) >= 11 is 0. The van der Waals surface area contributed by atoms with E-state index in [0.717, 1.165) is 16.9 Å².